The van der Waals surface area contributed by atoms with Gasteiger partial charge in [-0.25, -0.2) is 0 Å². The molecule has 0 radical (unpaired) electrons. The van der Waals surface area contributed by atoms with Crippen molar-refractivity contribution in [3.05, 3.63) is 0 Å². The fourth-order valence-corrected chi connectivity index (χ4v) is 4.02. The summed E-state index contributed by atoms with van der Waals surface area (Å²) in [4.78, 5) is 25.6. The minimum Gasteiger partial charge on any atom is -0.822 e. The highest BCUT2D eigenvalue weighted by Crippen LogP contribution is 2.57. The molecule has 0 rings (SSSR count). The van der Waals surface area contributed by atoms with Gasteiger partial charge in [0.05, 0.1) is 24.6 Å². The summed E-state index contributed by atoms with van der Waals surface area (Å²) in [7, 11) is -6.59. The molecule has 0 aromatic rings. The second kappa shape index (κ2) is 15.5. The highest BCUT2D eigenvalue weighted by Gasteiger charge is 2.27. The molecule has 0 heterocycles. The third kappa shape index (κ3) is 65.4. The molecule has 0 unspecified atom stereocenters. The van der Waals surface area contributed by atoms with Gasteiger partial charge in [0.25, 0.3) is 0 Å². The zero-order chi connectivity index (χ0) is 20.8. The molecule has 152 valence electrons. The predicted octanol–water partition coefficient (Wildman–Crippen LogP) is 3.31. The highest BCUT2D eigenvalue weighted by atomic mass is 31.2. The lowest BCUT2D eigenvalue weighted by Crippen LogP contribution is -2.24. The van der Waals surface area contributed by atoms with Crippen LogP contribution in [0.3, 0.4) is 0 Å². The van der Waals surface area contributed by atoms with Crippen LogP contribution in [-0.2, 0) is 4.57 Å². The van der Waals surface area contributed by atoms with E-state index in [1.54, 1.807) is 0 Å². The second-order valence-corrected chi connectivity index (χ2v) is 25.3. The Labute approximate surface area is 154 Å². The molecule has 0 aliphatic rings. The third-order valence-corrected chi connectivity index (χ3v) is 8.05. The van der Waals surface area contributed by atoms with Crippen molar-refractivity contribution in [2.24, 2.45) is 0 Å². The van der Waals surface area contributed by atoms with Crippen molar-refractivity contribution in [2.45, 2.75) is 27.7 Å². The topological polar surface area (TPSA) is 86.2 Å². The van der Waals surface area contributed by atoms with Gasteiger partial charge in [0.2, 0.25) is 0 Å². The molecule has 8 heteroatoms. The van der Waals surface area contributed by atoms with Crippen LogP contribution < -0.4 is 14.7 Å². The van der Waals surface area contributed by atoms with Crippen LogP contribution in [0.4, 0.5) is 0 Å². The molecule has 0 bridgehead atoms. The van der Waals surface area contributed by atoms with Crippen LogP contribution in [0.1, 0.15) is 27.7 Å². The van der Waals surface area contributed by atoms with Crippen LogP contribution in [0.5, 0.6) is 0 Å². The van der Waals surface area contributed by atoms with E-state index in [4.69, 9.17) is 19.2 Å². The lowest BCUT2D eigenvalue weighted by Gasteiger charge is -2.36. The van der Waals surface area contributed by atoms with E-state index in [2.05, 4.69) is 81.0 Å². The molecule has 24 heavy (non-hydrogen) atoms. The minimum atomic E-state index is -5.39. The molecular weight excluding hydrogens is 380 g/mol. The second-order valence-electron chi connectivity index (χ2n) is 8.42. The Morgan fingerprint density at radius 2 is 0.667 bits per heavy atom. The smallest absolute Gasteiger partial charge is 0.0565 e. The maximum atomic E-state index is 8.55. The maximum absolute atomic E-state index is 8.55. The summed E-state index contributed by atoms with van der Waals surface area (Å²) in [6, 6.07) is 0. The van der Waals surface area contributed by atoms with Gasteiger partial charge in [-0.3, -0.25) is 0 Å². The molecule has 0 atom stereocenters. The van der Waals surface area contributed by atoms with E-state index < -0.39 is 15.1 Å². The number of hydrogen-bond donors (Lipinski definition) is 0. The molecule has 0 spiro atoms. The van der Waals surface area contributed by atoms with Crippen LogP contribution in [0.2, 0.25) is 0 Å². The van der Waals surface area contributed by atoms with Crippen molar-refractivity contribution in [1.29, 1.82) is 0 Å². The summed E-state index contributed by atoms with van der Waals surface area (Å²) in [5.74, 6) is 0. The fraction of sp³-hybridized carbons (Fsp3) is 1.00. The van der Waals surface area contributed by atoms with E-state index in [1.807, 2.05) is 0 Å². The maximum Gasteiger partial charge on any atom is 0.0565 e. The first-order valence-electron chi connectivity index (χ1n) is 8.40. The summed E-state index contributed by atoms with van der Waals surface area (Å²) < 4.78 is 8.55. The Morgan fingerprint density at radius 3 is 0.667 bits per heavy atom. The van der Waals surface area contributed by atoms with Gasteiger partial charge in [-0.15, -0.1) is 0 Å². The van der Waals surface area contributed by atoms with Crippen molar-refractivity contribution < 1.29 is 19.2 Å². The van der Waals surface area contributed by atoms with E-state index in [9.17, 15) is 0 Å². The number of rotatable bonds is 4. The molecule has 4 nitrogen and oxygen atoms in total. The zero-order valence-corrected chi connectivity index (χ0v) is 21.8. The molecule has 0 saturated heterocycles. The van der Waals surface area contributed by atoms with Crippen LogP contribution in [0.25, 0.3) is 0 Å². The third-order valence-electron chi connectivity index (χ3n) is 2.68. The van der Waals surface area contributed by atoms with Gasteiger partial charge < -0.3 is 19.2 Å². The first kappa shape index (κ1) is 33.0. The zero-order valence-electron chi connectivity index (χ0n) is 18.3. The van der Waals surface area contributed by atoms with Crippen LogP contribution in [0, 0.1) is 0 Å². The number of phosphoric acid groups is 1. The lowest BCUT2D eigenvalue weighted by atomic mass is 10.9. The summed E-state index contributed by atoms with van der Waals surface area (Å²) in [6.07, 6.45) is 5.82. The number of hydrogen-bond acceptors (Lipinski definition) is 4. The van der Waals surface area contributed by atoms with Crippen molar-refractivity contribution in [3.63, 3.8) is 0 Å². The van der Waals surface area contributed by atoms with Gasteiger partial charge in [0.15, 0.2) is 0 Å². The molecule has 0 fully saturated rings. The van der Waals surface area contributed by atoms with Crippen LogP contribution in [-0.4, -0.2) is 78.0 Å². The molecule has 0 amide bonds. The summed E-state index contributed by atoms with van der Waals surface area (Å²) in [6.45, 7) is 27.8. The van der Waals surface area contributed by atoms with E-state index >= 15 is 0 Å². The quantitative estimate of drug-likeness (QED) is 0.648. The summed E-state index contributed by atoms with van der Waals surface area (Å²) >= 11 is 0. The van der Waals surface area contributed by atoms with Gasteiger partial charge in [0.1, 0.15) is 0 Å². The molecule has 0 aliphatic carbocycles. The van der Waals surface area contributed by atoms with Gasteiger partial charge >= 0.3 is 0 Å². The van der Waals surface area contributed by atoms with Crippen molar-refractivity contribution in [3.8, 4) is 0 Å². The Bertz CT molecular complexity index is 263. The lowest BCUT2D eigenvalue weighted by molar-refractivity contribution is -0.432. The average Bonchev–Trinajstić information content (AvgIpc) is 2.26. The Hall–Kier alpha value is 1.40. The predicted molar refractivity (Wildman–Crippen MR) is 118 cm³/mol. The first-order valence-corrected chi connectivity index (χ1v) is 19.5. The normalized spacial score (nSPS) is 12.0. The van der Waals surface area contributed by atoms with E-state index in [-0.39, 0.29) is 14.5 Å². The fourth-order valence-electron chi connectivity index (χ4n) is 1.34. The molecule has 0 saturated carbocycles. The molecule has 0 aromatic carbocycles. The summed E-state index contributed by atoms with van der Waals surface area (Å²) in [5.41, 5.74) is 0. The van der Waals surface area contributed by atoms with Crippen molar-refractivity contribution in [1.82, 2.24) is 0 Å². The van der Waals surface area contributed by atoms with Gasteiger partial charge in [-0.1, -0.05) is 0 Å². The summed E-state index contributed by atoms with van der Waals surface area (Å²) in [5, 5.41) is 0. The standard InChI is InChI=1S/C8H20P.2C4H12P.H3O4P/c1-5-9(6-2,7-3)8-4;3*1-5(2,3)4/h5-8H2,1-4H3;2*1-4H3;(H3,1,2,3,4)/q3*+1;/p-3. The first-order chi connectivity index (χ1) is 10.2. The molecule has 0 aromatic heterocycles. The average molecular weight is 424 g/mol. The van der Waals surface area contributed by atoms with Crippen molar-refractivity contribution >= 4 is 29.6 Å². The Morgan fingerprint density at radius 1 is 0.583 bits per heavy atom. The Balaban J connectivity index is -0.000000116. The monoisotopic (exact) mass is 424 g/mol. The van der Waals surface area contributed by atoms with Gasteiger partial charge in [0, 0.05) is 75.1 Å². The largest absolute Gasteiger partial charge is 0.822 e. The minimum absolute atomic E-state index is 0.389. The molecule has 0 N–H and O–H groups in total. The van der Waals surface area contributed by atoms with Crippen LogP contribution >= 0.6 is 29.6 Å². The van der Waals surface area contributed by atoms with E-state index in [0.29, 0.717) is 0 Å². The Kier molecular flexibility index (Phi) is 21.3. The SMILES string of the molecule is CC[P+](CC)(CC)CC.C[P+](C)(C)C.C[P+](C)(C)C.O=P([O-])([O-])[O-]. The molecular formula is C16H44O4P4. The van der Waals surface area contributed by atoms with Gasteiger partial charge in [-0.05, 0) is 27.7 Å². The highest BCUT2D eigenvalue weighted by molar-refractivity contribution is 7.75. The molecule has 0 aliphatic heterocycles. The van der Waals surface area contributed by atoms with Crippen molar-refractivity contribution in [2.75, 3.05) is 78.0 Å². The van der Waals surface area contributed by atoms with E-state index in [0.717, 1.165) is 0 Å². The van der Waals surface area contributed by atoms with E-state index in [1.165, 1.54) is 24.6 Å². The van der Waals surface area contributed by atoms with Crippen LogP contribution in [0.15, 0.2) is 0 Å². The van der Waals surface area contributed by atoms with Gasteiger partial charge in [-0.2, -0.15) is 7.82 Å².